The Kier molecular flexibility index (Phi) is 4.68. The number of benzene rings is 1. The number of aryl methyl sites for hydroxylation is 2. The van der Waals surface area contributed by atoms with Crippen LogP contribution in [-0.2, 0) is 23.0 Å². The summed E-state index contributed by atoms with van der Waals surface area (Å²) < 4.78 is 8.26. The standard InChI is InChI=1S/C22H22N4O3/c1-13-15-6-4-5-7-18(15)25(2)21(27)19(13)16-9-8-14(12-17(23)22(28)29-3)26-11-10-24-20(16)26/h4-11,17H,12,23H2,1-3H3/t17-/m0/s1. The van der Waals surface area contributed by atoms with Crippen molar-refractivity contribution in [2.75, 3.05) is 7.11 Å². The summed E-state index contributed by atoms with van der Waals surface area (Å²) in [6.45, 7) is 1.96. The number of imidazole rings is 1. The van der Waals surface area contributed by atoms with E-state index in [2.05, 4.69) is 4.98 Å². The Morgan fingerprint density at radius 2 is 2.00 bits per heavy atom. The van der Waals surface area contributed by atoms with Crippen molar-refractivity contribution >= 4 is 22.5 Å². The second-order valence-electron chi connectivity index (χ2n) is 7.07. The number of esters is 1. The first-order valence-electron chi connectivity index (χ1n) is 9.31. The molecule has 0 fully saturated rings. The molecule has 4 rings (SSSR count). The zero-order valence-electron chi connectivity index (χ0n) is 16.5. The van der Waals surface area contributed by atoms with Crippen LogP contribution in [0.25, 0.3) is 27.7 Å². The van der Waals surface area contributed by atoms with Crippen LogP contribution in [0.2, 0.25) is 0 Å². The van der Waals surface area contributed by atoms with Gasteiger partial charge in [0.15, 0.2) is 0 Å². The van der Waals surface area contributed by atoms with Crippen molar-refractivity contribution < 1.29 is 9.53 Å². The number of para-hydroxylation sites is 1. The zero-order valence-corrected chi connectivity index (χ0v) is 16.5. The summed E-state index contributed by atoms with van der Waals surface area (Å²) in [5.41, 5.74) is 10.5. The second kappa shape index (κ2) is 7.18. The van der Waals surface area contributed by atoms with E-state index >= 15 is 0 Å². The van der Waals surface area contributed by atoms with Crippen molar-refractivity contribution in [3.8, 4) is 11.1 Å². The number of rotatable bonds is 4. The molecule has 7 nitrogen and oxygen atoms in total. The molecule has 0 spiro atoms. The van der Waals surface area contributed by atoms with Crippen molar-refractivity contribution in [2.45, 2.75) is 19.4 Å². The van der Waals surface area contributed by atoms with Crippen LogP contribution in [0, 0.1) is 6.92 Å². The van der Waals surface area contributed by atoms with Crippen LogP contribution in [0.4, 0.5) is 0 Å². The number of carbonyl (C=O) groups excluding carboxylic acids is 1. The highest BCUT2D eigenvalue weighted by molar-refractivity contribution is 5.91. The summed E-state index contributed by atoms with van der Waals surface area (Å²) in [6, 6.07) is 10.8. The molecule has 0 saturated carbocycles. The largest absolute Gasteiger partial charge is 0.468 e. The predicted octanol–water partition coefficient (Wildman–Crippen LogP) is 2.20. The highest BCUT2D eigenvalue weighted by atomic mass is 16.5. The van der Waals surface area contributed by atoms with Crippen molar-refractivity contribution in [3.05, 3.63) is 70.4 Å². The van der Waals surface area contributed by atoms with Gasteiger partial charge in [0.1, 0.15) is 11.7 Å². The average molecular weight is 390 g/mol. The molecule has 0 radical (unpaired) electrons. The molecule has 0 saturated heterocycles. The summed E-state index contributed by atoms with van der Waals surface area (Å²) in [4.78, 5) is 29.4. The molecule has 1 atom stereocenters. The minimum atomic E-state index is -0.772. The Morgan fingerprint density at radius 1 is 1.24 bits per heavy atom. The quantitative estimate of drug-likeness (QED) is 0.540. The maximum atomic E-state index is 13.2. The molecule has 0 unspecified atom stereocenters. The van der Waals surface area contributed by atoms with Crippen LogP contribution in [0.1, 0.15) is 11.3 Å². The number of hydrogen-bond donors (Lipinski definition) is 1. The van der Waals surface area contributed by atoms with Crippen molar-refractivity contribution in [1.82, 2.24) is 14.0 Å². The molecule has 4 aromatic rings. The number of hydrogen-bond acceptors (Lipinski definition) is 5. The zero-order chi connectivity index (χ0) is 20.7. The smallest absolute Gasteiger partial charge is 0.323 e. The van der Waals surface area contributed by atoms with Gasteiger partial charge in [0.2, 0.25) is 0 Å². The molecular weight excluding hydrogens is 368 g/mol. The molecule has 0 aliphatic heterocycles. The van der Waals surface area contributed by atoms with E-state index in [1.54, 1.807) is 24.0 Å². The van der Waals surface area contributed by atoms with E-state index in [0.717, 1.165) is 27.7 Å². The fourth-order valence-electron chi connectivity index (χ4n) is 3.86. The third kappa shape index (κ3) is 3.00. The van der Waals surface area contributed by atoms with Gasteiger partial charge in [-0.05, 0) is 30.7 Å². The molecule has 0 bridgehead atoms. The highest BCUT2D eigenvalue weighted by Crippen LogP contribution is 2.29. The van der Waals surface area contributed by atoms with Gasteiger partial charge < -0.3 is 19.4 Å². The molecule has 148 valence electrons. The molecule has 0 aliphatic rings. The van der Waals surface area contributed by atoms with Crippen LogP contribution in [0.5, 0.6) is 0 Å². The lowest BCUT2D eigenvalue weighted by Crippen LogP contribution is -2.34. The second-order valence-corrected chi connectivity index (χ2v) is 7.07. The van der Waals surface area contributed by atoms with Gasteiger partial charge in [0, 0.05) is 42.5 Å². The monoisotopic (exact) mass is 390 g/mol. The number of aromatic nitrogens is 3. The van der Waals surface area contributed by atoms with E-state index in [4.69, 9.17) is 10.5 Å². The number of nitrogens with zero attached hydrogens (tertiary/aromatic N) is 3. The van der Waals surface area contributed by atoms with Gasteiger partial charge in [0.05, 0.1) is 18.2 Å². The van der Waals surface area contributed by atoms with Gasteiger partial charge in [-0.15, -0.1) is 0 Å². The Bertz CT molecular complexity index is 1300. The molecule has 29 heavy (non-hydrogen) atoms. The van der Waals surface area contributed by atoms with Gasteiger partial charge in [-0.25, -0.2) is 4.98 Å². The van der Waals surface area contributed by atoms with E-state index in [0.29, 0.717) is 17.6 Å². The topological polar surface area (TPSA) is 91.6 Å². The van der Waals surface area contributed by atoms with Gasteiger partial charge in [-0.2, -0.15) is 0 Å². The van der Waals surface area contributed by atoms with Gasteiger partial charge in [-0.3, -0.25) is 9.59 Å². The Balaban J connectivity index is 1.93. The van der Waals surface area contributed by atoms with Gasteiger partial charge in [0.25, 0.3) is 5.56 Å². The van der Waals surface area contributed by atoms with Crippen molar-refractivity contribution in [3.63, 3.8) is 0 Å². The summed E-state index contributed by atoms with van der Waals surface area (Å²) >= 11 is 0. The molecule has 0 amide bonds. The fourth-order valence-corrected chi connectivity index (χ4v) is 3.86. The van der Waals surface area contributed by atoms with Gasteiger partial charge in [-0.1, -0.05) is 18.2 Å². The molecule has 2 N–H and O–H groups in total. The molecule has 0 aliphatic carbocycles. The number of fused-ring (bicyclic) bond motifs is 2. The number of methoxy groups -OCH3 is 1. The van der Waals surface area contributed by atoms with Crippen molar-refractivity contribution in [1.29, 1.82) is 0 Å². The molecular formula is C22H22N4O3. The van der Waals surface area contributed by atoms with Gasteiger partial charge >= 0.3 is 5.97 Å². The number of pyridine rings is 2. The van der Waals surface area contributed by atoms with E-state index in [1.165, 1.54) is 7.11 Å². The minimum Gasteiger partial charge on any atom is -0.468 e. The van der Waals surface area contributed by atoms with Crippen LogP contribution in [-0.4, -0.2) is 33.1 Å². The lowest BCUT2D eigenvalue weighted by Gasteiger charge is -2.16. The minimum absolute atomic E-state index is 0.0786. The predicted molar refractivity (Wildman–Crippen MR) is 112 cm³/mol. The summed E-state index contributed by atoms with van der Waals surface area (Å²) in [5, 5.41) is 1.02. The maximum Gasteiger partial charge on any atom is 0.323 e. The molecule has 3 aromatic heterocycles. The Hall–Kier alpha value is -3.45. The lowest BCUT2D eigenvalue weighted by molar-refractivity contribution is -0.142. The number of ether oxygens (including phenoxy) is 1. The van der Waals surface area contributed by atoms with Crippen LogP contribution >= 0.6 is 0 Å². The first kappa shape index (κ1) is 18.9. The number of carbonyl (C=O) groups is 1. The van der Waals surface area contributed by atoms with E-state index in [1.807, 2.05) is 47.7 Å². The summed E-state index contributed by atoms with van der Waals surface area (Å²) in [7, 11) is 3.09. The Morgan fingerprint density at radius 3 is 2.76 bits per heavy atom. The molecule has 3 heterocycles. The molecule has 1 aromatic carbocycles. The first-order chi connectivity index (χ1) is 13.9. The third-order valence-electron chi connectivity index (χ3n) is 5.40. The Labute approximate surface area is 167 Å². The third-order valence-corrected chi connectivity index (χ3v) is 5.40. The van der Waals surface area contributed by atoms with Crippen LogP contribution in [0.3, 0.4) is 0 Å². The highest BCUT2D eigenvalue weighted by Gasteiger charge is 2.20. The fraction of sp³-hybridized carbons (Fsp3) is 0.227. The van der Waals surface area contributed by atoms with Crippen LogP contribution < -0.4 is 11.3 Å². The van der Waals surface area contributed by atoms with E-state index < -0.39 is 12.0 Å². The van der Waals surface area contributed by atoms with Crippen LogP contribution in [0.15, 0.2) is 53.6 Å². The summed E-state index contributed by atoms with van der Waals surface area (Å²) in [6.07, 6.45) is 3.78. The lowest BCUT2D eigenvalue weighted by atomic mass is 9.98. The maximum absolute atomic E-state index is 13.2. The van der Waals surface area contributed by atoms with E-state index in [-0.39, 0.29) is 5.56 Å². The van der Waals surface area contributed by atoms with E-state index in [9.17, 15) is 9.59 Å². The van der Waals surface area contributed by atoms with Crippen molar-refractivity contribution in [2.24, 2.45) is 12.8 Å². The first-order valence-corrected chi connectivity index (χ1v) is 9.31. The average Bonchev–Trinajstić information content (AvgIpc) is 3.23. The molecule has 7 heteroatoms. The SMILES string of the molecule is COC(=O)[C@@H](N)Cc1ccc(-c2c(C)c3ccccc3n(C)c2=O)c2nccn12. The normalized spacial score (nSPS) is 12.4. The summed E-state index contributed by atoms with van der Waals surface area (Å²) in [5.74, 6) is -0.471. The number of nitrogens with two attached hydrogens (primary N) is 1.